The number of carbonyl (C=O) groups excluding carboxylic acids is 1. The number of rotatable bonds is 5. The van der Waals surface area contributed by atoms with Crippen LogP contribution in [0.2, 0.25) is 0 Å². The van der Waals surface area contributed by atoms with Crippen LogP contribution in [0, 0.1) is 17.0 Å². The molecular formula is C18H15N3O4S. The molecule has 3 aromatic rings. The lowest BCUT2D eigenvalue weighted by Gasteiger charge is -2.14. The molecule has 0 radical (unpaired) electrons. The second kappa shape index (κ2) is 6.06. The average molecular weight is 369 g/mol. The monoisotopic (exact) mass is 369 g/mol. The summed E-state index contributed by atoms with van der Waals surface area (Å²) in [6.07, 6.45) is 1.34. The van der Waals surface area contributed by atoms with Gasteiger partial charge < -0.3 is 9.84 Å². The minimum Gasteiger partial charge on any atom is -0.355 e. The van der Waals surface area contributed by atoms with Crippen molar-refractivity contribution in [1.29, 1.82) is 0 Å². The Kier molecular flexibility index (Phi) is 3.84. The van der Waals surface area contributed by atoms with Crippen LogP contribution >= 0.6 is 11.3 Å². The van der Waals surface area contributed by atoms with Gasteiger partial charge in [0.2, 0.25) is 5.91 Å². The van der Waals surface area contributed by atoms with E-state index in [2.05, 4.69) is 10.5 Å². The average Bonchev–Trinajstić information content (AvgIpc) is 3.04. The molecule has 0 atom stereocenters. The highest BCUT2D eigenvalue weighted by atomic mass is 32.1. The zero-order chi connectivity index (χ0) is 18.3. The maximum Gasteiger partial charge on any atom is 0.271 e. The lowest BCUT2D eigenvalue weighted by molar-refractivity contribution is -0.384. The number of non-ortho nitro benzene ring substituents is 1. The number of benzene rings is 1. The number of thiophene rings is 1. The number of nitro benzene ring substituents is 1. The van der Waals surface area contributed by atoms with Crippen LogP contribution in [0.5, 0.6) is 0 Å². The first-order valence-corrected chi connectivity index (χ1v) is 8.95. The number of hydrogen-bond acceptors (Lipinski definition) is 6. The third-order valence-electron chi connectivity index (χ3n) is 4.63. The fraction of sp³-hybridized carbons (Fsp3) is 0.222. The van der Waals surface area contributed by atoms with Gasteiger partial charge >= 0.3 is 0 Å². The van der Waals surface area contributed by atoms with Crippen LogP contribution in [0.4, 0.5) is 11.4 Å². The molecule has 132 valence electrons. The Labute approximate surface area is 152 Å². The molecule has 8 heteroatoms. The van der Waals surface area contributed by atoms with Crippen molar-refractivity contribution < 1.29 is 14.2 Å². The molecule has 1 fully saturated rings. The van der Waals surface area contributed by atoms with Crippen LogP contribution in [0.3, 0.4) is 0 Å². The van der Waals surface area contributed by atoms with E-state index in [1.54, 1.807) is 19.1 Å². The topological polar surface area (TPSA) is 98.3 Å². The summed E-state index contributed by atoms with van der Waals surface area (Å²) in [5, 5.41) is 19.8. The Bertz CT molecular complexity index is 990. The fourth-order valence-corrected chi connectivity index (χ4v) is 3.53. The Morgan fingerprint density at radius 3 is 2.81 bits per heavy atom. The smallest absolute Gasteiger partial charge is 0.271 e. The number of aryl methyl sites for hydroxylation is 1. The molecule has 7 nitrogen and oxygen atoms in total. The molecule has 0 spiro atoms. The van der Waals surface area contributed by atoms with Crippen molar-refractivity contribution in [3.63, 3.8) is 0 Å². The van der Waals surface area contributed by atoms with Crippen molar-refractivity contribution in [1.82, 2.24) is 5.16 Å². The Hall–Kier alpha value is -3.00. The van der Waals surface area contributed by atoms with Crippen LogP contribution < -0.4 is 5.32 Å². The summed E-state index contributed by atoms with van der Waals surface area (Å²) in [4.78, 5) is 24.3. The Morgan fingerprint density at radius 1 is 1.35 bits per heavy atom. The van der Waals surface area contributed by atoms with Gasteiger partial charge in [0.05, 0.1) is 26.6 Å². The second-order valence-corrected chi connectivity index (χ2v) is 7.29. The number of amides is 1. The van der Waals surface area contributed by atoms with Crippen molar-refractivity contribution in [2.24, 2.45) is 0 Å². The number of carbonyl (C=O) groups is 1. The fourth-order valence-electron chi connectivity index (χ4n) is 2.86. The van der Waals surface area contributed by atoms with E-state index >= 15 is 0 Å². The summed E-state index contributed by atoms with van der Waals surface area (Å²) < 4.78 is 5.40. The first-order valence-electron chi connectivity index (χ1n) is 8.07. The molecule has 1 N–H and O–H groups in total. The van der Waals surface area contributed by atoms with Crippen LogP contribution in [0.1, 0.15) is 24.1 Å². The molecule has 0 saturated heterocycles. The first-order chi connectivity index (χ1) is 12.5. The summed E-state index contributed by atoms with van der Waals surface area (Å²) in [6.45, 7) is 1.80. The normalized spacial score (nSPS) is 14.8. The summed E-state index contributed by atoms with van der Waals surface area (Å²) in [5.41, 5.74) is 1.02. The van der Waals surface area contributed by atoms with Crippen molar-refractivity contribution in [3.05, 3.63) is 63.1 Å². The van der Waals surface area contributed by atoms with Crippen molar-refractivity contribution in [2.75, 3.05) is 5.32 Å². The molecule has 0 bridgehead atoms. The highest BCUT2D eigenvalue weighted by Gasteiger charge is 2.54. The number of nitrogens with one attached hydrogen (secondary N) is 1. The van der Waals surface area contributed by atoms with Gasteiger partial charge in [0.25, 0.3) is 5.69 Å². The van der Waals surface area contributed by atoms with E-state index < -0.39 is 10.3 Å². The largest absolute Gasteiger partial charge is 0.355 e. The van der Waals surface area contributed by atoms with Gasteiger partial charge in [-0.25, -0.2) is 0 Å². The second-order valence-electron chi connectivity index (χ2n) is 6.35. The molecule has 4 rings (SSSR count). The quantitative estimate of drug-likeness (QED) is 0.534. The van der Waals surface area contributed by atoms with Crippen LogP contribution in [0.25, 0.3) is 10.6 Å². The van der Waals surface area contributed by atoms with Crippen LogP contribution in [-0.2, 0) is 10.2 Å². The molecule has 1 saturated carbocycles. The minimum absolute atomic E-state index is 0.0582. The van der Waals surface area contributed by atoms with Crippen molar-refractivity contribution in [2.45, 2.75) is 25.2 Å². The van der Waals surface area contributed by atoms with E-state index in [4.69, 9.17) is 4.52 Å². The van der Waals surface area contributed by atoms with E-state index in [1.807, 2.05) is 17.5 Å². The van der Waals surface area contributed by atoms with Gasteiger partial charge in [-0.3, -0.25) is 14.9 Å². The molecule has 0 aliphatic heterocycles. The summed E-state index contributed by atoms with van der Waals surface area (Å²) >= 11 is 1.54. The number of hydrogen-bond donors (Lipinski definition) is 1. The van der Waals surface area contributed by atoms with Gasteiger partial charge in [0, 0.05) is 18.2 Å². The zero-order valence-electron chi connectivity index (χ0n) is 13.9. The molecule has 1 amide bonds. The number of nitrogens with zero attached hydrogens (tertiary/aromatic N) is 2. The minimum atomic E-state index is -0.726. The van der Waals surface area contributed by atoms with E-state index in [0.29, 0.717) is 30.0 Å². The molecule has 1 aliphatic rings. The molecule has 1 aromatic carbocycles. The highest BCUT2D eigenvalue weighted by molar-refractivity contribution is 7.13. The maximum atomic E-state index is 12.9. The van der Waals surface area contributed by atoms with Gasteiger partial charge in [-0.1, -0.05) is 17.3 Å². The van der Waals surface area contributed by atoms with Gasteiger partial charge in [-0.15, -0.1) is 11.3 Å². The van der Waals surface area contributed by atoms with Gasteiger partial charge in [0.15, 0.2) is 5.76 Å². The molecule has 2 heterocycles. The number of nitro groups is 1. The summed E-state index contributed by atoms with van der Waals surface area (Å²) in [5.74, 6) is 0.424. The van der Waals surface area contributed by atoms with Crippen LogP contribution in [-0.4, -0.2) is 16.0 Å². The van der Waals surface area contributed by atoms with E-state index in [1.165, 1.54) is 23.5 Å². The van der Waals surface area contributed by atoms with Gasteiger partial charge in [0.1, 0.15) is 0 Å². The summed E-state index contributed by atoms with van der Waals surface area (Å²) in [7, 11) is 0. The van der Waals surface area contributed by atoms with Gasteiger partial charge in [-0.05, 0) is 36.8 Å². The predicted octanol–water partition coefficient (Wildman–Crippen LogP) is 4.29. The van der Waals surface area contributed by atoms with Crippen molar-refractivity contribution >= 4 is 28.6 Å². The first kappa shape index (κ1) is 16.5. The zero-order valence-corrected chi connectivity index (χ0v) is 14.7. The molecule has 0 unspecified atom stereocenters. The molecule has 2 aromatic heterocycles. The highest BCUT2D eigenvalue weighted by Crippen LogP contribution is 2.49. The molecule has 1 aliphatic carbocycles. The lowest BCUT2D eigenvalue weighted by Crippen LogP contribution is -2.28. The predicted molar refractivity (Wildman–Crippen MR) is 97.2 cm³/mol. The SMILES string of the molecule is Cc1ccc([N+](=O)[O-])cc1NC(=O)C1(c2cc(-c3cccs3)on2)CC1. The van der Waals surface area contributed by atoms with E-state index in [9.17, 15) is 14.9 Å². The maximum absolute atomic E-state index is 12.9. The number of anilines is 1. The standard InChI is InChI=1S/C18H15N3O4S/c1-11-4-5-12(21(23)24)9-13(11)19-17(22)18(6-7-18)16-10-14(25-20-16)15-3-2-8-26-15/h2-5,8-10H,6-7H2,1H3,(H,19,22). The van der Waals surface area contributed by atoms with Gasteiger partial charge in [-0.2, -0.15) is 0 Å². The lowest BCUT2D eigenvalue weighted by atomic mass is 10.0. The van der Waals surface area contributed by atoms with E-state index in [0.717, 1.165) is 10.4 Å². The van der Waals surface area contributed by atoms with E-state index in [-0.39, 0.29) is 11.6 Å². The third kappa shape index (κ3) is 2.78. The number of aromatic nitrogens is 1. The third-order valence-corrected chi connectivity index (χ3v) is 5.51. The Morgan fingerprint density at radius 2 is 2.15 bits per heavy atom. The molecule has 26 heavy (non-hydrogen) atoms. The summed E-state index contributed by atoms with van der Waals surface area (Å²) in [6, 6.07) is 10.1. The van der Waals surface area contributed by atoms with Crippen molar-refractivity contribution in [3.8, 4) is 10.6 Å². The molecular weight excluding hydrogens is 354 g/mol. The Balaban J connectivity index is 1.59. The van der Waals surface area contributed by atoms with Crippen LogP contribution in [0.15, 0.2) is 46.3 Å².